The summed E-state index contributed by atoms with van der Waals surface area (Å²) in [5.74, 6) is 0.742. The van der Waals surface area contributed by atoms with Crippen LogP contribution in [0.3, 0.4) is 0 Å². The van der Waals surface area contributed by atoms with E-state index in [1.807, 2.05) is 11.8 Å². The Bertz CT molecular complexity index is 746. The molecule has 0 bridgehead atoms. The minimum absolute atomic E-state index is 0.0162. The molecule has 0 radical (unpaired) electrons. The van der Waals surface area contributed by atoms with Gasteiger partial charge < -0.3 is 9.64 Å². The van der Waals surface area contributed by atoms with E-state index >= 15 is 0 Å². The highest BCUT2D eigenvalue weighted by Crippen LogP contribution is 2.35. The summed E-state index contributed by atoms with van der Waals surface area (Å²) in [6.07, 6.45) is 2.69. The summed E-state index contributed by atoms with van der Waals surface area (Å²) in [5.41, 5.74) is 1.06. The molecule has 27 heavy (non-hydrogen) atoms. The van der Waals surface area contributed by atoms with E-state index in [9.17, 15) is 14.4 Å². The zero-order chi connectivity index (χ0) is 19.6. The van der Waals surface area contributed by atoms with Gasteiger partial charge in [-0.15, -0.1) is 0 Å². The van der Waals surface area contributed by atoms with Crippen LogP contribution in [0.2, 0.25) is 0 Å². The Labute approximate surface area is 160 Å². The van der Waals surface area contributed by atoms with Gasteiger partial charge >= 0.3 is 0 Å². The fraction of sp³-hybridized carbons (Fsp3) is 0.571. The number of ketones is 1. The average Bonchev–Trinajstić information content (AvgIpc) is 2.65. The van der Waals surface area contributed by atoms with Crippen molar-refractivity contribution in [2.45, 2.75) is 52.6 Å². The minimum Gasteiger partial charge on any atom is -0.479 e. The molecule has 6 heteroatoms. The van der Waals surface area contributed by atoms with Gasteiger partial charge in [0.2, 0.25) is 5.91 Å². The van der Waals surface area contributed by atoms with Crippen molar-refractivity contribution < 1.29 is 19.1 Å². The summed E-state index contributed by atoms with van der Waals surface area (Å²) in [6.45, 7) is 7.23. The van der Waals surface area contributed by atoms with Gasteiger partial charge in [-0.3, -0.25) is 19.3 Å². The molecule has 0 N–H and O–H groups in total. The largest absolute Gasteiger partial charge is 0.479 e. The zero-order valence-corrected chi connectivity index (χ0v) is 16.4. The Morgan fingerprint density at radius 2 is 2.04 bits per heavy atom. The van der Waals surface area contributed by atoms with E-state index in [1.165, 1.54) is 4.90 Å². The number of likely N-dealkylation sites (tertiary alicyclic amines) is 1. The van der Waals surface area contributed by atoms with Gasteiger partial charge in [0, 0.05) is 25.1 Å². The van der Waals surface area contributed by atoms with Gasteiger partial charge in [0.25, 0.3) is 5.91 Å². The topological polar surface area (TPSA) is 66.9 Å². The van der Waals surface area contributed by atoms with Crippen LogP contribution in [0.1, 0.15) is 56.8 Å². The summed E-state index contributed by atoms with van der Waals surface area (Å²) in [7, 11) is 0. The molecule has 0 aromatic heterocycles. The van der Waals surface area contributed by atoms with Crippen LogP contribution >= 0.6 is 0 Å². The first-order chi connectivity index (χ1) is 12.9. The molecule has 2 atom stereocenters. The van der Waals surface area contributed by atoms with E-state index in [0.29, 0.717) is 29.3 Å². The molecule has 0 spiro atoms. The van der Waals surface area contributed by atoms with Gasteiger partial charge in [-0.1, -0.05) is 13.8 Å². The molecule has 2 amide bonds. The first-order valence-corrected chi connectivity index (χ1v) is 9.83. The molecular weight excluding hydrogens is 344 g/mol. The number of fused-ring (bicyclic) bond motifs is 1. The Hall–Kier alpha value is -2.37. The van der Waals surface area contributed by atoms with Crippen LogP contribution in [0.4, 0.5) is 5.69 Å². The molecular formula is C21H28N2O4. The fourth-order valence-corrected chi connectivity index (χ4v) is 3.77. The second-order valence-electron chi connectivity index (χ2n) is 7.63. The Balaban J connectivity index is 1.86. The maximum Gasteiger partial charge on any atom is 0.268 e. The van der Waals surface area contributed by atoms with Crippen LogP contribution in [-0.2, 0) is 9.59 Å². The minimum atomic E-state index is -0.650. The number of nitrogens with zero attached hydrogens (tertiary/aromatic N) is 2. The molecule has 0 aliphatic carbocycles. The monoisotopic (exact) mass is 372 g/mol. The first kappa shape index (κ1) is 19.4. The van der Waals surface area contributed by atoms with Crippen LogP contribution in [0.5, 0.6) is 5.75 Å². The first-order valence-electron chi connectivity index (χ1n) is 9.83. The molecule has 2 unspecified atom stereocenters. The number of hydrogen-bond acceptors (Lipinski definition) is 4. The lowest BCUT2D eigenvalue weighted by atomic mass is 10.00. The molecule has 6 nitrogen and oxygen atoms in total. The van der Waals surface area contributed by atoms with Crippen LogP contribution in [0.15, 0.2) is 18.2 Å². The molecule has 1 aromatic rings. The summed E-state index contributed by atoms with van der Waals surface area (Å²) in [5, 5.41) is 0. The van der Waals surface area contributed by atoms with Crippen molar-refractivity contribution >= 4 is 23.3 Å². The fourth-order valence-electron chi connectivity index (χ4n) is 3.77. The number of benzene rings is 1. The summed E-state index contributed by atoms with van der Waals surface area (Å²) in [6, 6.07) is 5.14. The highest BCUT2D eigenvalue weighted by Gasteiger charge is 2.34. The predicted octanol–water partition coefficient (Wildman–Crippen LogP) is 3.04. The van der Waals surface area contributed by atoms with Crippen LogP contribution in [-0.4, -0.2) is 48.2 Å². The number of amides is 2. The van der Waals surface area contributed by atoms with Crippen LogP contribution < -0.4 is 9.64 Å². The molecule has 146 valence electrons. The van der Waals surface area contributed by atoms with Crippen molar-refractivity contribution in [3.05, 3.63) is 23.8 Å². The number of Topliss-reactive ketones (excluding diaryl/α,β-unsaturated/α-hetero) is 1. The molecule has 1 saturated heterocycles. The molecule has 3 rings (SSSR count). The highest BCUT2D eigenvalue weighted by atomic mass is 16.5. The SMILES string of the molecule is CCCC(=O)c1ccc2c(c1)N(CC(=O)N1CCCC(C)C1)C(=O)C(C)O2. The molecule has 2 aliphatic heterocycles. The van der Waals surface area contributed by atoms with Gasteiger partial charge in [-0.05, 0) is 50.3 Å². The normalized spacial score (nSPS) is 22.3. The summed E-state index contributed by atoms with van der Waals surface area (Å²) < 4.78 is 5.69. The summed E-state index contributed by atoms with van der Waals surface area (Å²) in [4.78, 5) is 41.1. The maximum absolute atomic E-state index is 12.8. The number of hydrogen-bond donors (Lipinski definition) is 0. The standard InChI is InChI=1S/C21H28N2O4/c1-4-6-18(24)16-8-9-19-17(11-16)23(21(26)15(3)27-19)13-20(25)22-10-5-7-14(2)12-22/h8-9,11,14-15H,4-7,10,12-13H2,1-3H3. The van der Waals surface area contributed by atoms with Gasteiger partial charge in [-0.2, -0.15) is 0 Å². The third-order valence-corrected chi connectivity index (χ3v) is 5.27. The van der Waals surface area contributed by atoms with Crippen molar-refractivity contribution in [2.75, 3.05) is 24.5 Å². The van der Waals surface area contributed by atoms with E-state index in [2.05, 4.69) is 6.92 Å². The van der Waals surface area contributed by atoms with E-state index in [0.717, 1.165) is 32.4 Å². The Morgan fingerprint density at radius 1 is 1.26 bits per heavy atom. The summed E-state index contributed by atoms with van der Waals surface area (Å²) >= 11 is 0. The predicted molar refractivity (Wildman–Crippen MR) is 103 cm³/mol. The number of carbonyl (C=O) groups is 3. The van der Waals surface area contributed by atoms with Crippen LogP contribution in [0.25, 0.3) is 0 Å². The van der Waals surface area contributed by atoms with E-state index in [-0.39, 0.29) is 24.1 Å². The smallest absolute Gasteiger partial charge is 0.268 e. The number of rotatable bonds is 5. The molecule has 2 aliphatic rings. The lowest BCUT2D eigenvalue weighted by molar-refractivity contribution is -0.134. The second kappa shape index (κ2) is 8.11. The van der Waals surface area contributed by atoms with E-state index in [1.54, 1.807) is 25.1 Å². The molecule has 1 aromatic carbocycles. The molecule has 1 fully saturated rings. The third-order valence-electron chi connectivity index (χ3n) is 5.27. The number of piperidine rings is 1. The molecule has 2 heterocycles. The van der Waals surface area contributed by atoms with Gasteiger partial charge in [-0.25, -0.2) is 0 Å². The third kappa shape index (κ3) is 4.15. The van der Waals surface area contributed by atoms with Crippen molar-refractivity contribution in [1.29, 1.82) is 0 Å². The Morgan fingerprint density at radius 3 is 2.74 bits per heavy atom. The number of ether oxygens (including phenoxy) is 1. The number of carbonyl (C=O) groups excluding carboxylic acids is 3. The number of anilines is 1. The van der Waals surface area contributed by atoms with Crippen LogP contribution in [0, 0.1) is 5.92 Å². The van der Waals surface area contributed by atoms with E-state index in [4.69, 9.17) is 4.74 Å². The maximum atomic E-state index is 12.8. The van der Waals surface area contributed by atoms with Crippen molar-refractivity contribution in [3.63, 3.8) is 0 Å². The zero-order valence-electron chi connectivity index (χ0n) is 16.4. The molecule has 0 saturated carbocycles. The van der Waals surface area contributed by atoms with Crippen molar-refractivity contribution in [3.8, 4) is 5.75 Å². The van der Waals surface area contributed by atoms with Crippen molar-refractivity contribution in [1.82, 2.24) is 4.90 Å². The lowest BCUT2D eigenvalue weighted by Crippen LogP contribution is -2.51. The van der Waals surface area contributed by atoms with Gasteiger partial charge in [0.1, 0.15) is 12.3 Å². The van der Waals surface area contributed by atoms with Gasteiger partial charge in [0.05, 0.1) is 5.69 Å². The average molecular weight is 372 g/mol. The second-order valence-corrected chi connectivity index (χ2v) is 7.63. The highest BCUT2D eigenvalue weighted by molar-refractivity contribution is 6.05. The van der Waals surface area contributed by atoms with E-state index < -0.39 is 6.10 Å². The van der Waals surface area contributed by atoms with Crippen molar-refractivity contribution in [2.24, 2.45) is 5.92 Å². The quantitative estimate of drug-likeness (QED) is 0.745. The van der Waals surface area contributed by atoms with Gasteiger partial charge in [0.15, 0.2) is 11.9 Å². The Kier molecular flexibility index (Phi) is 5.82. The lowest BCUT2D eigenvalue weighted by Gasteiger charge is -2.36.